The molecule has 0 N–H and O–H groups in total. The van der Waals surface area contributed by atoms with E-state index in [1.807, 2.05) is 12.1 Å². The fraction of sp³-hybridized carbons (Fsp3) is 0.471. The first-order valence-electron chi connectivity index (χ1n) is 7.79. The van der Waals surface area contributed by atoms with Crippen LogP contribution in [0.1, 0.15) is 23.0 Å². The lowest BCUT2D eigenvalue weighted by atomic mass is 10.1. The van der Waals surface area contributed by atoms with Crippen molar-refractivity contribution in [2.45, 2.75) is 13.5 Å². The van der Waals surface area contributed by atoms with Gasteiger partial charge in [0, 0.05) is 36.7 Å². The lowest BCUT2D eigenvalue weighted by molar-refractivity contribution is 0.0334. The van der Waals surface area contributed by atoms with Gasteiger partial charge in [-0.2, -0.15) is 0 Å². The van der Waals surface area contributed by atoms with Crippen LogP contribution in [-0.4, -0.2) is 50.9 Å². The summed E-state index contributed by atoms with van der Waals surface area (Å²) >= 11 is 0. The van der Waals surface area contributed by atoms with Gasteiger partial charge in [-0.25, -0.2) is 4.79 Å². The number of carbonyl (C=O) groups is 1. The molecule has 2 heterocycles. The topological polar surface area (TPSA) is 61.1 Å². The standard InChI is InChI=1S/C17H21NO5/c1-3-22-17(19)16-14(11-18-6-8-21-9-7-18)13-5-4-12(20-2)10-15(13)23-16/h4-5,10H,3,6-9,11H2,1-2H3. The number of esters is 1. The van der Waals surface area contributed by atoms with E-state index in [0.717, 1.165) is 24.0 Å². The molecular formula is C17H21NO5. The summed E-state index contributed by atoms with van der Waals surface area (Å²) in [6.07, 6.45) is 0. The van der Waals surface area contributed by atoms with E-state index in [-0.39, 0.29) is 5.76 Å². The van der Waals surface area contributed by atoms with Gasteiger partial charge in [0.15, 0.2) is 0 Å². The number of methoxy groups -OCH3 is 1. The molecule has 6 nitrogen and oxygen atoms in total. The van der Waals surface area contributed by atoms with Crippen LogP contribution in [0.3, 0.4) is 0 Å². The van der Waals surface area contributed by atoms with Gasteiger partial charge in [-0.3, -0.25) is 4.90 Å². The molecule has 0 spiro atoms. The number of furan rings is 1. The van der Waals surface area contributed by atoms with E-state index in [4.69, 9.17) is 18.6 Å². The molecule has 2 aromatic rings. The van der Waals surface area contributed by atoms with Crippen LogP contribution in [0, 0.1) is 0 Å². The van der Waals surface area contributed by atoms with Gasteiger partial charge in [0.1, 0.15) is 11.3 Å². The third-order valence-electron chi connectivity index (χ3n) is 3.95. The Morgan fingerprint density at radius 3 is 2.78 bits per heavy atom. The second-order valence-corrected chi connectivity index (χ2v) is 5.38. The van der Waals surface area contributed by atoms with Crippen LogP contribution in [0.15, 0.2) is 22.6 Å². The number of nitrogens with zero attached hydrogens (tertiary/aromatic N) is 1. The number of hydrogen-bond donors (Lipinski definition) is 0. The average molecular weight is 319 g/mol. The molecule has 124 valence electrons. The van der Waals surface area contributed by atoms with E-state index in [0.29, 0.717) is 37.7 Å². The Kier molecular flexibility index (Phi) is 4.83. The molecule has 0 amide bonds. The Balaban J connectivity index is 1.99. The predicted octanol–water partition coefficient (Wildman–Crippen LogP) is 2.45. The molecule has 0 unspecified atom stereocenters. The summed E-state index contributed by atoms with van der Waals surface area (Å²) in [5, 5.41) is 0.917. The molecule has 0 radical (unpaired) electrons. The number of morpholine rings is 1. The van der Waals surface area contributed by atoms with Crippen molar-refractivity contribution >= 4 is 16.9 Å². The third-order valence-corrected chi connectivity index (χ3v) is 3.95. The molecule has 1 aromatic carbocycles. The zero-order chi connectivity index (χ0) is 16.2. The molecule has 1 aromatic heterocycles. The van der Waals surface area contributed by atoms with Gasteiger partial charge < -0.3 is 18.6 Å². The van der Waals surface area contributed by atoms with E-state index in [2.05, 4.69) is 4.90 Å². The molecule has 3 rings (SSSR count). The van der Waals surface area contributed by atoms with Crippen LogP contribution in [0.4, 0.5) is 0 Å². The van der Waals surface area contributed by atoms with Gasteiger partial charge in [0.2, 0.25) is 5.76 Å². The summed E-state index contributed by atoms with van der Waals surface area (Å²) in [7, 11) is 1.60. The minimum absolute atomic E-state index is 0.279. The lowest BCUT2D eigenvalue weighted by Gasteiger charge is -2.26. The largest absolute Gasteiger partial charge is 0.497 e. The molecule has 1 saturated heterocycles. The monoisotopic (exact) mass is 319 g/mol. The zero-order valence-electron chi connectivity index (χ0n) is 13.5. The third kappa shape index (κ3) is 3.33. The van der Waals surface area contributed by atoms with Crippen molar-refractivity contribution in [1.82, 2.24) is 4.90 Å². The highest BCUT2D eigenvalue weighted by atomic mass is 16.5. The Hall–Kier alpha value is -2.05. The number of fused-ring (bicyclic) bond motifs is 1. The van der Waals surface area contributed by atoms with Crippen molar-refractivity contribution in [2.24, 2.45) is 0 Å². The molecule has 0 atom stereocenters. The summed E-state index contributed by atoms with van der Waals surface area (Å²) in [5.41, 5.74) is 1.50. The van der Waals surface area contributed by atoms with E-state index >= 15 is 0 Å². The van der Waals surface area contributed by atoms with Crippen molar-refractivity contribution < 1.29 is 23.4 Å². The lowest BCUT2D eigenvalue weighted by Crippen LogP contribution is -2.36. The fourth-order valence-electron chi connectivity index (χ4n) is 2.76. The maximum absolute atomic E-state index is 12.2. The van der Waals surface area contributed by atoms with E-state index < -0.39 is 5.97 Å². The molecule has 6 heteroatoms. The van der Waals surface area contributed by atoms with Crippen LogP contribution in [0.25, 0.3) is 11.0 Å². The van der Waals surface area contributed by atoms with Crippen molar-refractivity contribution in [3.05, 3.63) is 29.5 Å². The van der Waals surface area contributed by atoms with Crippen LogP contribution < -0.4 is 4.74 Å². The number of ether oxygens (including phenoxy) is 3. The SMILES string of the molecule is CCOC(=O)c1oc2cc(OC)ccc2c1CN1CCOCC1. The van der Waals surface area contributed by atoms with Gasteiger partial charge in [-0.1, -0.05) is 0 Å². The van der Waals surface area contributed by atoms with Gasteiger partial charge in [0.25, 0.3) is 0 Å². The van der Waals surface area contributed by atoms with Crippen LogP contribution in [0.2, 0.25) is 0 Å². The Bertz CT molecular complexity index is 688. The second-order valence-electron chi connectivity index (χ2n) is 5.38. The smallest absolute Gasteiger partial charge is 0.374 e. The van der Waals surface area contributed by atoms with Gasteiger partial charge in [-0.15, -0.1) is 0 Å². The van der Waals surface area contributed by atoms with E-state index in [9.17, 15) is 4.79 Å². The second kappa shape index (κ2) is 7.02. The van der Waals surface area contributed by atoms with Crippen molar-refractivity contribution in [2.75, 3.05) is 40.0 Å². The summed E-state index contributed by atoms with van der Waals surface area (Å²) in [4.78, 5) is 14.5. The fourth-order valence-corrected chi connectivity index (χ4v) is 2.76. The van der Waals surface area contributed by atoms with Crippen LogP contribution >= 0.6 is 0 Å². The van der Waals surface area contributed by atoms with Gasteiger partial charge in [-0.05, 0) is 19.1 Å². The molecule has 0 saturated carbocycles. The Morgan fingerprint density at radius 1 is 1.30 bits per heavy atom. The van der Waals surface area contributed by atoms with Crippen molar-refractivity contribution in [1.29, 1.82) is 0 Å². The zero-order valence-corrected chi connectivity index (χ0v) is 13.5. The normalized spacial score (nSPS) is 15.7. The minimum atomic E-state index is -0.425. The summed E-state index contributed by atoms with van der Waals surface area (Å²) in [6, 6.07) is 5.59. The maximum atomic E-state index is 12.2. The first-order valence-corrected chi connectivity index (χ1v) is 7.79. The number of rotatable bonds is 5. The van der Waals surface area contributed by atoms with Crippen molar-refractivity contribution in [3.8, 4) is 5.75 Å². The molecule has 1 fully saturated rings. The highest BCUT2D eigenvalue weighted by Crippen LogP contribution is 2.31. The van der Waals surface area contributed by atoms with Crippen LogP contribution in [-0.2, 0) is 16.0 Å². The van der Waals surface area contributed by atoms with Crippen LogP contribution in [0.5, 0.6) is 5.75 Å². The van der Waals surface area contributed by atoms with E-state index in [1.54, 1.807) is 20.1 Å². The highest BCUT2D eigenvalue weighted by Gasteiger charge is 2.24. The molecule has 1 aliphatic heterocycles. The average Bonchev–Trinajstić information content (AvgIpc) is 2.94. The van der Waals surface area contributed by atoms with E-state index in [1.165, 1.54) is 0 Å². The van der Waals surface area contributed by atoms with Gasteiger partial charge in [0.05, 0.1) is 26.9 Å². The number of hydrogen-bond acceptors (Lipinski definition) is 6. The number of benzene rings is 1. The first kappa shape index (κ1) is 15.8. The highest BCUT2D eigenvalue weighted by molar-refractivity contribution is 5.96. The predicted molar refractivity (Wildman–Crippen MR) is 84.8 cm³/mol. The summed E-state index contributed by atoms with van der Waals surface area (Å²) in [6.45, 7) is 5.82. The number of carbonyl (C=O) groups excluding carboxylic acids is 1. The Morgan fingerprint density at radius 2 is 2.09 bits per heavy atom. The molecule has 1 aliphatic rings. The summed E-state index contributed by atoms with van der Waals surface area (Å²) < 4.78 is 21.5. The molecule has 0 aliphatic carbocycles. The quantitative estimate of drug-likeness (QED) is 0.789. The maximum Gasteiger partial charge on any atom is 0.374 e. The molecule has 23 heavy (non-hydrogen) atoms. The molecular weight excluding hydrogens is 298 g/mol. The van der Waals surface area contributed by atoms with Crippen molar-refractivity contribution in [3.63, 3.8) is 0 Å². The van der Waals surface area contributed by atoms with Gasteiger partial charge >= 0.3 is 5.97 Å². The minimum Gasteiger partial charge on any atom is -0.497 e. The Labute approximate surface area is 134 Å². The summed E-state index contributed by atoms with van der Waals surface area (Å²) in [5.74, 6) is 0.548. The first-order chi connectivity index (χ1) is 11.2. The molecule has 0 bridgehead atoms.